The van der Waals surface area contributed by atoms with Crippen LogP contribution in [0.1, 0.15) is 133 Å². The zero-order valence-electron chi connectivity index (χ0n) is 33.0. The van der Waals surface area contributed by atoms with Crippen molar-refractivity contribution in [3.05, 3.63) is 0 Å². The maximum Gasteiger partial charge on any atom is 0.315 e. The number of Topliss-reactive ketones (excluding diaryl/α,β-unsaturated/α-hetero) is 3. The van der Waals surface area contributed by atoms with Crippen LogP contribution in [0.3, 0.4) is 0 Å². The molecule has 6 atom stereocenters. The summed E-state index contributed by atoms with van der Waals surface area (Å²) in [6, 6.07) is -2.85. The van der Waals surface area contributed by atoms with Crippen molar-refractivity contribution in [2.45, 2.75) is 156 Å². The molecule has 0 aromatic rings. The summed E-state index contributed by atoms with van der Waals surface area (Å²) < 4.78 is 26.6. The third-order valence-corrected chi connectivity index (χ3v) is 14.5. The molecule has 0 bridgehead atoms. The normalized spacial score (nSPS) is 24.8. The third kappa shape index (κ3) is 10.0. The first-order valence-electron chi connectivity index (χ1n) is 19.3. The standard InChI is InChI=1S/C39H66N4O7S/c1-37(2,3)31(23-42(10)51(49,50)39(7,8)9)40-36(48)41-34(38(4,5)6)35(47)43-22-26-15-12-16-28(26)32(43)29(44)21-27(19-24-13-11-14-24)33(46)30(45)20-25-17-18-25/h24-28,31-32,34H,11-23H2,1-10H3,(H2,40,41,48)/t26-,27?,28-,31+,32-,34+/m0/s1. The monoisotopic (exact) mass is 734 g/mol. The molecule has 1 unspecified atom stereocenters. The Bertz CT molecular complexity index is 1430. The smallest absolute Gasteiger partial charge is 0.315 e. The van der Waals surface area contributed by atoms with Crippen molar-refractivity contribution in [2.75, 3.05) is 20.1 Å². The molecule has 0 aromatic carbocycles. The molecule has 1 aliphatic heterocycles. The van der Waals surface area contributed by atoms with E-state index in [0.29, 0.717) is 24.8 Å². The topological polar surface area (TPSA) is 150 Å². The van der Waals surface area contributed by atoms with E-state index in [1.165, 1.54) is 11.4 Å². The Hall–Kier alpha value is -2.34. The van der Waals surface area contributed by atoms with Crippen LogP contribution < -0.4 is 10.6 Å². The van der Waals surface area contributed by atoms with Crippen molar-refractivity contribution in [1.82, 2.24) is 19.8 Å². The van der Waals surface area contributed by atoms with E-state index in [2.05, 4.69) is 10.6 Å². The van der Waals surface area contributed by atoms with Crippen molar-refractivity contribution in [3.63, 3.8) is 0 Å². The second-order valence-corrected chi connectivity index (χ2v) is 22.2. The average Bonchev–Trinajstić information content (AvgIpc) is 3.54. The van der Waals surface area contributed by atoms with Gasteiger partial charge in [0.15, 0.2) is 11.6 Å². The first kappa shape index (κ1) is 41.4. The van der Waals surface area contributed by atoms with E-state index in [1.54, 1.807) is 25.7 Å². The van der Waals surface area contributed by atoms with Crippen molar-refractivity contribution in [2.24, 2.45) is 40.4 Å². The second kappa shape index (κ2) is 15.6. The van der Waals surface area contributed by atoms with Crippen molar-refractivity contribution in [3.8, 4) is 0 Å². The summed E-state index contributed by atoms with van der Waals surface area (Å²) in [6.07, 6.45) is 8.55. The fourth-order valence-corrected chi connectivity index (χ4v) is 9.42. The summed E-state index contributed by atoms with van der Waals surface area (Å²) >= 11 is 0. The minimum Gasteiger partial charge on any atom is -0.334 e. The molecule has 0 spiro atoms. The van der Waals surface area contributed by atoms with Gasteiger partial charge in [-0.25, -0.2) is 17.5 Å². The van der Waals surface area contributed by atoms with E-state index in [9.17, 15) is 32.4 Å². The molecule has 4 rings (SSSR count). The number of nitrogens with zero attached hydrogens (tertiary/aromatic N) is 2. The van der Waals surface area contributed by atoms with Crippen LogP contribution in [0.4, 0.5) is 4.79 Å². The van der Waals surface area contributed by atoms with Crippen LogP contribution in [-0.2, 0) is 29.2 Å². The molecule has 1 heterocycles. The number of sulfonamides is 1. The molecule has 2 N–H and O–H groups in total. The molecule has 12 heteroatoms. The zero-order valence-corrected chi connectivity index (χ0v) is 33.8. The highest BCUT2D eigenvalue weighted by Crippen LogP contribution is 2.45. The minimum atomic E-state index is -3.66. The highest BCUT2D eigenvalue weighted by molar-refractivity contribution is 7.90. The van der Waals surface area contributed by atoms with Gasteiger partial charge in [0, 0.05) is 44.9 Å². The van der Waals surface area contributed by atoms with E-state index < -0.39 is 61.5 Å². The number of likely N-dealkylation sites (tertiary alicyclic amines) is 1. The molecule has 3 aliphatic carbocycles. The van der Waals surface area contributed by atoms with Gasteiger partial charge in [-0.3, -0.25) is 19.2 Å². The fraction of sp³-hybridized carbons (Fsp3) is 0.872. The van der Waals surface area contributed by atoms with Gasteiger partial charge in [0.25, 0.3) is 0 Å². The molecule has 0 aromatic heterocycles. The van der Waals surface area contributed by atoms with E-state index in [0.717, 1.165) is 51.4 Å². The Balaban J connectivity index is 1.53. The number of hydrogen-bond donors (Lipinski definition) is 2. The van der Waals surface area contributed by atoms with Crippen LogP contribution in [0.25, 0.3) is 0 Å². The number of hydrogen-bond acceptors (Lipinski definition) is 7. The number of nitrogens with one attached hydrogen (secondary N) is 2. The van der Waals surface area contributed by atoms with Crippen LogP contribution in [0.5, 0.6) is 0 Å². The van der Waals surface area contributed by atoms with Crippen molar-refractivity contribution >= 4 is 39.3 Å². The number of ketones is 3. The number of urea groups is 1. The van der Waals surface area contributed by atoms with Crippen LogP contribution >= 0.6 is 0 Å². The SMILES string of the molecule is CN(C[C@@H](NC(=O)N[C@H](C(=O)N1C[C@@H]2CCC[C@@H]2[C@H]1C(=O)CC(CC1CCC1)C(=O)C(=O)CC1CC1)C(C)(C)C)C(C)(C)C)S(=O)(=O)C(C)(C)C. The molecular weight excluding hydrogens is 669 g/mol. The predicted molar refractivity (Wildman–Crippen MR) is 198 cm³/mol. The molecule has 1 saturated heterocycles. The van der Waals surface area contributed by atoms with Gasteiger partial charge in [-0.1, -0.05) is 67.2 Å². The van der Waals surface area contributed by atoms with Crippen LogP contribution in [-0.4, -0.2) is 89.9 Å². The van der Waals surface area contributed by atoms with E-state index in [1.807, 2.05) is 41.5 Å². The Morgan fingerprint density at radius 3 is 1.92 bits per heavy atom. The number of fused-ring (bicyclic) bond motifs is 1. The first-order valence-corrected chi connectivity index (χ1v) is 20.8. The molecular formula is C39H66N4O7S. The Labute approximate surface area is 307 Å². The maximum atomic E-state index is 14.6. The molecule has 4 aliphatic rings. The quantitative estimate of drug-likeness (QED) is 0.211. The summed E-state index contributed by atoms with van der Waals surface area (Å²) in [4.78, 5) is 70.8. The summed E-state index contributed by atoms with van der Waals surface area (Å²) in [6.45, 7) is 16.7. The predicted octanol–water partition coefficient (Wildman–Crippen LogP) is 5.51. The van der Waals surface area contributed by atoms with Crippen LogP contribution in [0.15, 0.2) is 0 Å². The Morgan fingerprint density at radius 2 is 1.41 bits per heavy atom. The van der Waals surface area contributed by atoms with Gasteiger partial charge in [-0.05, 0) is 87.4 Å². The summed E-state index contributed by atoms with van der Waals surface area (Å²) in [5, 5.41) is 5.89. The Morgan fingerprint density at radius 1 is 0.804 bits per heavy atom. The first-order chi connectivity index (χ1) is 23.4. The lowest BCUT2D eigenvalue weighted by atomic mass is 9.75. The van der Waals surface area contributed by atoms with Gasteiger partial charge >= 0.3 is 6.03 Å². The van der Waals surface area contributed by atoms with Gasteiger partial charge in [0.2, 0.25) is 21.7 Å². The number of carbonyl (C=O) groups is 5. The lowest BCUT2D eigenvalue weighted by molar-refractivity contribution is -0.144. The number of amides is 3. The van der Waals surface area contributed by atoms with Gasteiger partial charge in [-0.15, -0.1) is 0 Å². The highest BCUT2D eigenvalue weighted by Gasteiger charge is 2.52. The minimum absolute atomic E-state index is 0.0110. The summed E-state index contributed by atoms with van der Waals surface area (Å²) in [7, 11) is -2.15. The van der Waals surface area contributed by atoms with Gasteiger partial charge < -0.3 is 15.5 Å². The number of carbonyl (C=O) groups excluding carboxylic acids is 5. The van der Waals surface area contributed by atoms with E-state index in [4.69, 9.17) is 0 Å². The fourth-order valence-electron chi connectivity index (χ4n) is 8.14. The second-order valence-electron chi connectivity index (χ2n) is 19.4. The molecule has 3 saturated carbocycles. The lowest BCUT2D eigenvalue weighted by Crippen LogP contribution is -2.61. The van der Waals surface area contributed by atoms with Crippen molar-refractivity contribution < 1.29 is 32.4 Å². The lowest BCUT2D eigenvalue weighted by Gasteiger charge is -2.39. The summed E-state index contributed by atoms with van der Waals surface area (Å²) in [5.74, 6) is -1.11. The molecule has 11 nitrogen and oxygen atoms in total. The number of rotatable bonds is 15. The van der Waals surface area contributed by atoms with E-state index >= 15 is 0 Å². The average molecular weight is 735 g/mol. The largest absolute Gasteiger partial charge is 0.334 e. The third-order valence-electron chi connectivity index (χ3n) is 12.0. The molecule has 290 valence electrons. The number of likely N-dealkylation sites (N-methyl/N-ethyl adjacent to an activating group) is 1. The van der Waals surface area contributed by atoms with Crippen LogP contribution in [0, 0.1) is 40.4 Å². The Kier molecular flexibility index (Phi) is 12.6. The summed E-state index contributed by atoms with van der Waals surface area (Å²) in [5.41, 5.74) is -1.24. The van der Waals surface area contributed by atoms with Gasteiger partial charge in [0.1, 0.15) is 6.04 Å². The zero-order chi connectivity index (χ0) is 38.3. The molecule has 0 radical (unpaired) electrons. The van der Waals surface area contributed by atoms with Crippen molar-refractivity contribution in [1.29, 1.82) is 0 Å². The molecule has 3 amide bonds. The van der Waals surface area contributed by atoms with Gasteiger partial charge in [0.05, 0.1) is 10.8 Å². The highest BCUT2D eigenvalue weighted by atomic mass is 32.2. The maximum absolute atomic E-state index is 14.6. The van der Waals surface area contributed by atoms with E-state index in [-0.39, 0.29) is 48.7 Å². The molecule has 51 heavy (non-hydrogen) atoms. The molecule has 4 fully saturated rings. The van der Waals surface area contributed by atoms with Gasteiger partial charge in [-0.2, -0.15) is 0 Å². The van der Waals surface area contributed by atoms with Crippen LogP contribution in [0.2, 0.25) is 0 Å².